The van der Waals surface area contributed by atoms with Crippen LogP contribution < -0.4 is 10.6 Å². The molecule has 0 unspecified atom stereocenters. The Kier molecular flexibility index (Phi) is 8.69. The Labute approximate surface area is 150 Å². The van der Waals surface area contributed by atoms with E-state index < -0.39 is 0 Å². The Balaban J connectivity index is 1.61. The summed E-state index contributed by atoms with van der Waals surface area (Å²) in [6, 6.07) is 6.65. The van der Waals surface area contributed by atoms with Crippen LogP contribution in [0.25, 0.3) is 0 Å². The number of benzene rings is 1. The van der Waals surface area contributed by atoms with Crippen molar-refractivity contribution in [2.45, 2.75) is 19.3 Å². The minimum atomic E-state index is -0.192. The summed E-state index contributed by atoms with van der Waals surface area (Å²) in [6.07, 6.45) is 3.27. The van der Waals surface area contributed by atoms with Crippen LogP contribution in [0.1, 0.15) is 18.4 Å². The number of hydrogen-bond acceptors (Lipinski definition) is 3. The number of nitrogens with one attached hydrogen (secondary N) is 2. The van der Waals surface area contributed by atoms with Crippen molar-refractivity contribution >= 4 is 5.96 Å². The SMILES string of the molecule is CN=C(NCCc1ccc(F)cc1)NCC1CCN(CCOC)CC1. The summed E-state index contributed by atoms with van der Waals surface area (Å²) in [4.78, 5) is 6.75. The van der Waals surface area contributed by atoms with E-state index in [0.29, 0.717) is 5.92 Å². The fourth-order valence-corrected chi connectivity index (χ4v) is 3.07. The van der Waals surface area contributed by atoms with Crippen molar-refractivity contribution in [3.05, 3.63) is 35.6 Å². The average molecular weight is 350 g/mol. The molecule has 0 saturated carbocycles. The Morgan fingerprint density at radius 1 is 1.24 bits per heavy atom. The highest BCUT2D eigenvalue weighted by atomic mass is 19.1. The van der Waals surface area contributed by atoms with E-state index >= 15 is 0 Å². The van der Waals surface area contributed by atoms with Crippen LogP contribution in [-0.2, 0) is 11.2 Å². The number of nitrogens with zero attached hydrogens (tertiary/aromatic N) is 2. The molecule has 140 valence electrons. The van der Waals surface area contributed by atoms with Crippen LogP contribution in [0.15, 0.2) is 29.3 Å². The summed E-state index contributed by atoms with van der Waals surface area (Å²) in [5.74, 6) is 1.33. The fraction of sp³-hybridized carbons (Fsp3) is 0.632. The highest BCUT2D eigenvalue weighted by molar-refractivity contribution is 5.79. The van der Waals surface area contributed by atoms with Crippen LogP contribution in [0.5, 0.6) is 0 Å². The van der Waals surface area contributed by atoms with E-state index in [4.69, 9.17) is 4.74 Å². The van der Waals surface area contributed by atoms with Crippen molar-refractivity contribution in [2.75, 3.05) is 53.5 Å². The van der Waals surface area contributed by atoms with E-state index in [9.17, 15) is 4.39 Å². The van der Waals surface area contributed by atoms with E-state index in [1.54, 1.807) is 14.2 Å². The van der Waals surface area contributed by atoms with Gasteiger partial charge in [-0.05, 0) is 56.0 Å². The van der Waals surface area contributed by atoms with Gasteiger partial charge < -0.3 is 20.3 Å². The summed E-state index contributed by atoms with van der Waals surface area (Å²) < 4.78 is 18.0. The van der Waals surface area contributed by atoms with Crippen LogP contribution in [0.3, 0.4) is 0 Å². The van der Waals surface area contributed by atoms with Gasteiger partial charge in [-0.2, -0.15) is 0 Å². The summed E-state index contributed by atoms with van der Waals surface area (Å²) in [7, 11) is 3.55. The van der Waals surface area contributed by atoms with Gasteiger partial charge in [-0.15, -0.1) is 0 Å². The smallest absolute Gasteiger partial charge is 0.190 e. The number of hydrogen-bond donors (Lipinski definition) is 2. The van der Waals surface area contributed by atoms with Crippen molar-refractivity contribution in [1.82, 2.24) is 15.5 Å². The number of guanidine groups is 1. The summed E-state index contributed by atoms with van der Waals surface area (Å²) >= 11 is 0. The normalized spacial score (nSPS) is 16.8. The molecule has 25 heavy (non-hydrogen) atoms. The maximum atomic E-state index is 12.9. The van der Waals surface area contributed by atoms with Gasteiger partial charge in [0.15, 0.2) is 5.96 Å². The minimum Gasteiger partial charge on any atom is -0.383 e. The first-order valence-electron chi connectivity index (χ1n) is 9.11. The molecule has 1 aliphatic rings. The lowest BCUT2D eigenvalue weighted by Crippen LogP contribution is -2.43. The molecule has 1 saturated heterocycles. The molecule has 0 aromatic heterocycles. The third-order valence-corrected chi connectivity index (χ3v) is 4.72. The zero-order valence-corrected chi connectivity index (χ0v) is 15.4. The molecule has 1 aromatic carbocycles. The first-order valence-corrected chi connectivity index (χ1v) is 9.11. The minimum absolute atomic E-state index is 0.192. The third kappa shape index (κ3) is 7.40. The van der Waals surface area contributed by atoms with Crippen LogP contribution in [0.4, 0.5) is 4.39 Å². The second-order valence-corrected chi connectivity index (χ2v) is 6.53. The third-order valence-electron chi connectivity index (χ3n) is 4.72. The van der Waals surface area contributed by atoms with Crippen LogP contribution >= 0.6 is 0 Å². The lowest BCUT2D eigenvalue weighted by atomic mass is 9.97. The van der Waals surface area contributed by atoms with Gasteiger partial charge in [-0.1, -0.05) is 12.1 Å². The maximum absolute atomic E-state index is 12.9. The number of halogens is 1. The van der Waals surface area contributed by atoms with Crippen LogP contribution in [0, 0.1) is 11.7 Å². The van der Waals surface area contributed by atoms with Gasteiger partial charge in [0, 0.05) is 33.8 Å². The molecule has 2 rings (SSSR count). The van der Waals surface area contributed by atoms with E-state index in [1.807, 2.05) is 12.1 Å². The second-order valence-electron chi connectivity index (χ2n) is 6.53. The number of methoxy groups -OCH3 is 1. The predicted octanol–water partition coefficient (Wildman–Crippen LogP) is 1.89. The molecule has 0 amide bonds. The zero-order chi connectivity index (χ0) is 17.9. The zero-order valence-electron chi connectivity index (χ0n) is 15.4. The van der Waals surface area contributed by atoms with E-state index in [0.717, 1.165) is 57.3 Å². The van der Waals surface area contributed by atoms with E-state index in [2.05, 4.69) is 20.5 Å². The summed E-state index contributed by atoms with van der Waals surface area (Å²) in [5.41, 5.74) is 1.12. The molecule has 1 heterocycles. The molecule has 1 aromatic rings. The van der Waals surface area contributed by atoms with Gasteiger partial charge >= 0.3 is 0 Å². The van der Waals surface area contributed by atoms with Gasteiger partial charge in [-0.25, -0.2) is 4.39 Å². The van der Waals surface area contributed by atoms with Gasteiger partial charge in [0.05, 0.1) is 6.61 Å². The van der Waals surface area contributed by atoms with Crippen molar-refractivity contribution in [1.29, 1.82) is 0 Å². The highest BCUT2D eigenvalue weighted by Crippen LogP contribution is 2.15. The van der Waals surface area contributed by atoms with Crippen LogP contribution in [0.2, 0.25) is 0 Å². The standard InChI is InChI=1S/C19H31FN4O/c1-21-19(22-10-7-16-3-5-18(20)6-4-16)23-15-17-8-11-24(12-9-17)13-14-25-2/h3-6,17H,7-15H2,1-2H3,(H2,21,22,23). The summed E-state index contributed by atoms with van der Waals surface area (Å²) in [5, 5.41) is 6.76. The van der Waals surface area contributed by atoms with Gasteiger partial charge in [-0.3, -0.25) is 4.99 Å². The highest BCUT2D eigenvalue weighted by Gasteiger charge is 2.18. The molecule has 0 spiro atoms. The Morgan fingerprint density at radius 3 is 2.60 bits per heavy atom. The van der Waals surface area contributed by atoms with E-state index in [-0.39, 0.29) is 5.82 Å². The lowest BCUT2D eigenvalue weighted by Gasteiger charge is -2.32. The largest absolute Gasteiger partial charge is 0.383 e. The average Bonchev–Trinajstić information content (AvgIpc) is 2.65. The van der Waals surface area contributed by atoms with E-state index in [1.165, 1.54) is 25.0 Å². The molecule has 0 aliphatic carbocycles. The monoisotopic (exact) mass is 350 g/mol. The summed E-state index contributed by atoms with van der Waals surface area (Å²) in [6.45, 7) is 5.87. The Morgan fingerprint density at radius 2 is 1.96 bits per heavy atom. The Hall–Kier alpha value is -1.66. The lowest BCUT2D eigenvalue weighted by molar-refractivity contribution is 0.121. The number of likely N-dealkylation sites (tertiary alicyclic amines) is 1. The first-order chi connectivity index (χ1) is 12.2. The number of ether oxygens (including phenoxy) is 1. The number of rotatable bonds is 8. The topological polar surface area (TPSA) is 48.9 Å². The molecular formula is C19H31FN4O. The predicted molar refractivity (Wildman–Crippen MR) is 101 cm³/mol. The molecular weight excluding hydrogens is 319 g/mol. The molecule has 0 bridgehead atoms. The molecule has 6 heteroatoms. The van der Waals surface area contributed by atoms with Crippen molar-refractivity contribution in [3.63, 3.8) is 0 Å². The van der Waals surface area contributed by atoms with Gasteiger partial charge in [0.25, 0.3) is 0 Å². The number of aliphatic imine (C=N–C) groups is 1. The Bertz CT molecular complexity index is 513. The van der Waals surface area contributed by atoms with Crippen molar-refractivity contribution in [2.24, 2.45) is 10.9 Å². The molecule has 2 N–H and O–H groups in total. The fourth-order valence-electron chi connectivity index (χ4n) is 3.07. The van der Waals surface area contributed by atoms with Crippen LogP contribution in [-0.4, -0.2) is 64.3 Å². The first kappa shape index (κ1) is 19.7. The quantitative estimate of drug-likeness (QED) is 0.555. The molecule has 1 fully saturated rings. The molecule has 0 radical (unpaired) electrons. The maximum Gasteiger partial charge on any atom is 0.190 e. The second kappa shape index (κ2) is 11.1. The molecule has 0 atom stereocenters. The van der Waals surface area contributed by atoms with Gasteiger partial charge in [0.2, 0.25) is 0 Å². The molecule has 5 nitrogen and oxygen atoms in total. The van der Waals surface area contributed by atoms with Crippen molar-refractivity contribution < 1.29 is 9.13 Å². The molecule has 1 aliphatic heterocycles. The number of piperidine rings is 1. The van der Waals surface area contributed by atoms with Crippen molar-refractivity contribution in [3.8, 4) is 0 Å². The van der Waals surface area contributed by atoms with Gasteiger partial charge in [0.1, 0.15) is 5.82 Å².